The molecule has 160 valence electrons. The molecule has 0 aliphatic carbocycles. The number of hydrogen-bond donors (Lipinski definition) is 2. The molecule has 0 heterocycles. The van der Waals surface area contributed by atoms with Crippen molar-refractivity contribution in [3.05, 3.63) is 65.2 Å². The Morgan fingerprint density at radius 3 is 2.37 bits per heavy atom. The second-order valence-corrected chi connectivity index (χ2v) is 6.26. The highest BCUT2D eigenvalue weighted by Gasteiger charge is 2.20. The highest BCUT2D eigenvalue weighted by atomic mass is 19.3. The minimum absolute atomic E-state index is 0.0527. The first-order valence-corrected chi connectivity index (χ1v) is 8.95. The Labute approximate surface area is 169 Å². The minimum Gasteiger partial charge on any atom is -0.308 e. The zero-order valence-electron chi connectivity index (χ0n) is 15.9. The van der Waals surface area contributed by atoms with Gasteiger partial charge in [0.15, 0.2) is 0 Å². The molecule has 0 fully saturated rings. The second kappa shape index (κ2) is 10.4. The number of rotatable bonds is 7. The number of carbonyl (C=O) groups is 3. The first kappa shape index (κ1) is 22.9. The van der Waals surface area contributed by atoms with E-state index in [1.807, 2.05) is 0 Å². The summed E-state index contributed by atoms with van der Waals surface area (Å²) < 4.78 is 52.4. The van der Waals surface area contributed by atoms with E-state index in [1.54, 1.807) is 12.3 Å². The topological polar surface area (TPSA) is 78.5 Å². The standard InChI is InChI=1S/C20H19F4N3O3/c1-2-4-17(28)27(15-6-3-5-14(21)10-15)11-13-8-7-12(9-16(13)22)19(29)25-26-20(30)18(23)24/h3,5-10,18H,2,4,11H2,1H3,(H,25,29)(H,26,30). The Bertz CT molecular complexity index is 937. The van der Waals surface area contributed by atoms with Crippen LogP contribution in [0.1, 0.15) is 35.7 Å². The van der Waals surface area contributed by atoms with Crippen LogP contribution in [0.4, 0.5) is 23.2 Å². The van der Waals surface area contributed by atoms with Gasteiger partial charge in [-0.2, -0.15) is 8.78 Å². The average Bonchev–Trinajstić information content (AvgIpc) is 2.70. The van der Waals surface area contributed by atoms with E-state index in [-0.39, 0.29) is 35.7 Å². The van der Waals surface area contributed by atoms with Crippen molar-refractivity contribution in [3.63, 3.8) is 0 Å². The molecule has 0 aliphatic heterocycles. The maximum atomic E-state index is 14.5. The fourth-order valence-electron chi connectivity index (χ4n) is 2.55. The van der Waals surface area contributed by atoms with Gasteiger partial charge in [-0.15, -0.1) is 0 Å². The molecule has 2 aromatic rings. The summed E-state index contributed by atoms with van der Waals surface area (Å²) in [6.45, 7) is 1.58. The van der Waals surface area contributed by atoms with Gasteiger partial charge in [-0.05, 0) is 36.8 Å². The van der Waals surface area contributed by atoms with E-state index in [4.69, 9.17) is 0 Å². The van der Waals surface area contributed by atoms with Crippen molar-refractivity contribution in [1.29, 1.82) is 0 Å². The largest absolute Gasteiger partial charge is 0.317 e. The van der Waals surface area contributed by atoms with Crippen molar-refractivity contribution in [2.24, 2.45) is 0 Å². The SMILES string of the molecule is CCCC(=O)N(Cc1ccc(C(=O)NNC(=O)C(F)F)cc1F)c1cccc(F)c1. The molecular formula is C20H19F4N3O3. The van der Waals surface area contributed by atoms with E-state index >= 15 is 0 Å². The van der Waals surface area contributed by atoms with E-state index < -0.39 is 29.9 Å². The molecule has 0 unspecified atom stereocenters. The van der Waals surface area contributed by atoms with Crippen LogP contribution >= 0.6 is 0 Å². The van der Waals surface area contributed by atoms with Gasteiger partial charge in [-0.3, -0.25) is 25.2 Å². The second-order valence-electron chi connectivity index (χ2n) is 6.26. The van der Waals surface area contributed by atoms with Crippen molar-refractivity contribution < 1.29 is 31.9 Å². The molecule has 3 amide bonds. The Morgan fingerprint density at radius 1 is 1.03 bits per heavy atom. The fraction of sp³-hybridized carbons (Fsp3) is 0.250. The molecule has 6 nitrogen and oxygen atoms in total. The van der Waals surface area contributed by atoms with Crippen molar-refractivity contribution in [2.75, 3.05) is 4.90 Å². The highest BCUT2D eigenvalue weighted by Crippen LogP contribution is 2.22. The van der Waals surface area contributed by atoms with Gasteiger partial charge in [0.05, 0.1) is 6.54 Å². The zero-order valence-corrected chi connectivity index (χ0v) is 15.9. The third kappa shape index (κ3) is 6.03. The van der Waals surface area contributed by atoms with E-state index in [0.717, 1.165) is 12.1 Å². The summed E-state index contributed by atoms with van der Waals surface area (Å²) in [5.74, 6) is -4.44. The number of halogens is 4. The Balaban J connectivity index is 2.20. The molecule has 10 heteroatoms. The molecule has 0 bridgehead atoms. The smallest absolute Gasteiger partial charge is 0.308 e. The summed E-state index contributed by atoms with van der Waals surface area (Å²) in [5, 5.41) is 0. The molecule has 2 rings (SSSR count). The molecule has 2 aromatic carbocycles. The Hall–Kier alpha value is -3.43. The van der Waals surface area contributed by atoms with E-state index in [2.05, 4.69) is 0 Å². The van der Waals surface area contributed by atoms with Gasteiger partial charge < -0.3 is 4.90 Å². The van der Waals surface area contributed by atoms with Crippen molar-refractivity contribution >= 4 is 23.4 Å². The van der Waals surface area contributed by atoms with Crippen molar-refractivity contribution in [2.45, 2.75) is 32.7 Å². The van der Waals surface area contributed by atoms with Gasteiger partial charge in [-0.25, -0.2) is 8.78 Å². The summed E-state index contributed by atoms with van der Waals surface area (Å²) in [7, 11) is 0. The van der Waals surface area contributed by atoms with Gasteiger partial charge in [0.25, 0.3) is 5.91 Å². The lowest BCUT2D eigenvalue weighted by Crippen LogP contribution is -2.44. The fourth-order valence-corrected chi connectivity index (χ4v) is 2.55. The third-order valence-electron chi connectivity index (χ3n) is 4.03. The molecule has 30 heavy (non-hydrogen) atoms. The molecule has 2 N–H and O–H groups in total. The lowest BCUT2D eigenvalue weighted by atomic mass is 10.1. The van der Waals surface area contributed by atoms with Crippen LogP contribution < -0.4 is 15.8 Å². The average molecular weight is 425 g/mol. The number of alkyl halides is 2. The first-order chi connectivity index (χ1) is 14.2. The molecule has 0 spiro atoms. The summed E-state index contributed by atoms with van der Waals surface area (Å²) in [6.07, 6.45) is -2.61. The van der Waals surface area contributed by atoms with Gasteiger partial charge in [0, 0.05) is 23.2 Å². The highest BCUT2D eigenvalue weighted by molar-refractivity contribution is 5.96. The number of hydrogen-bond acceptors (Lipinski definition) is 3. The Morgan fingerprint density at radius 2 is 1.77 bits per heavy atom. The summed E-state index contributed by atoms with van der Waals surface area (Å²) in [4.78, 5) is 36.3. The van der Waals surface area contributed by atoms with Crippen LogP contribution in [-0.2, 0) is 16.1 Å². The number of benzene rings is 2. The number of carbonyl (C=O) groups excluding carboxylic acids is 3. The zero-order chi connectivity index (χ0) is 22.3. The minimum atomic E-state index is -3.32. The quantitative estimate of drug-likeness (QED) is 0.528. The van der Waals surface area contributed by atoms with Crippen LogP contribution in [-0.4, -0.2) is 24.1 Å². The predicted octanol–water partition coefficient (Wildman–Crippen LogP) is 3.32. The molecule has 0 aliphatic rings. The third-order valence-corrected chi connectivity index (χ3v) is 4.03. The number of nitrogens with zero attached hydrogens (tertiary/aromatic N) is 1. The summed E-state index contributed by atoms with van der Waals surface area (Å²) >= 11 is 0. The van der Waals surface area contributed by atoms with Gasteiger partial charge in [0.2, 0.25) is 5.91 Å². The van der Waals surface area contributed by atoms with E-state index in [9.17, 15) is 31.9 Å². The van der Waals surface area contributed by atoms with Crippen LogP contribution in [0.15, 0.2) is 42.5 Å². The Kier molecular flexibility index (Phi) is 7.90. The molecule has 0 saturated carbocycles. The number of amides is 3. The van der Waals surface area contributed by atoms with Crippen LogP contribution in [0.5, 0.6) is 0 Å². The van der Waals surface area contributed by atoms with E-state index in [1.165, 1.54) is 40.7 Å². The van der Waals surface area contributed by atoms with Crippen LogP contribution in [0.2, 0.25) is 0 Å². The van der Waals surface area contributed by atoms with Crippen LogP contribution in [0.25, 0.3) is 0 Å². The lowest BCUT2D eigenvalue weighted by Gasteiger charge is -2.23. The molecule has 0 aromatic heterocycles. The van der Waals surface area contributed by atoms with Crippen LogP contribution in [0, 0.1) is 11.6 Å². The van der Waals surface area contributed by atoms with Gasteiger partial charge in [-0.1, -0.05) is 19.1 Å². The maximum Gasteiger partial charge on any atom is 0.317 e. The number of nitrogens with one attached hydrogen (secondary N) is 2. The maximum absolute atomic E-state index is 14.5. The normalized spacial score (nSPS) is 10.6. The molecule has 0 atom stereocenters. The molecule has 0 radical (unpaired) electrons. The van der Waals surface area contributed by atoms with Crippen LogP contribution in [0.3, 0.4) is 0 Å². The van der Waals surface area contributed by atoms with E-state index in [0.29, 0.717) is 6.42 Å². The first-order valence-electron chi connectivity index (χ1n) is 8.95. The number of hydrazine groups is 1. The van der Waals surface area contributed by atoms with Crippen molar-refractivity contribution in [1.82, 2.24) is 10.9 Å². The number of anilines is 1. The predicted molar refractivity (Wildman–Crippen MR) is 101 cm³/mol. The van der Waals surface area contributed by atoms with Crippen molar-refractivity contribution in [3.8, 4) is 0 Å². The molecule has 0 saturated heterocycles. The van der Waals surface area contributed by atoms with Gasteiger partial charge in [0.1, 0.15) is 11.6 Å². The van der Waals surface area contributed by atoms with Gasteiger partial charge >= 0.3 is 12.3 Å². The molecular weight excluding hydrogens is 406 g/mol. The summed E-state index contributed by atoms with van der Waals surface area (Å²) in [5.41, 5.74) is 3.32. The summed E-state index contributed by atoms with van der Waals surface area (Å²) in [6, 6.07) is 8.59. The monoisotopic (exact) mass is 425 g/mol. The lowest BCUT2D eigenvalue weighted by molar-refractivity contribution is -0.132.